The van der Waals surface area contributed by atoms with Crippen LogP contribution < -0.4 is 5.32 Å². The predicted octanol–water partition coefficient (Wildman–Crippen LogP) is 3.04. The molecule has 1 aromatic rings. The third-order valence-corrected chi connectivity index (χ3v) is 2.93. The van der Waals surface area contributed by atoms with Crippen molar-refractivity contribution in [1.82, 2.24) is 9.88 Å². The van der Waals surface area contributed by atoms with E-state index in [1.807, 2.05) is 7.05 Å². The van der Waals surface area contributed by atoms with Crippen LogP contribution in [0.4, 0.5) is 5.82 Å². The maximum atomic E-state index is 12.2. The van der Waals surface area contributed by atoms with Gasteiger partial charge in [-0.15, -0.1) is 0 Å². The standard InChI is InChI=1S/C13H20ClN3O/c1-4-5-6-7-17(3)13(18)10-8-11(14)16-12(9-10)15-2/h8-9H,4-7H2,1-3H3,(H,15,16). The molecule has 0 saturated carbocycles. The third kappa shape index (κ3) is 4.18. The van der Waals surface area contributed by atoms with E-state index < -0.39 is 0 Å². The first kappa shape index (κ1) is 14.8. The first-order valence-corrected chi connectivity index (χ1v) is 6.57. The van der Waals surface area contributed by atoms with Gasteiger partial charge in [0.25, 0.3) is 5.91 Å². The lowest BCUT2D eigenvalue weighted by molar-refractivity contribution is 0.0792. The number of nitrogens with one attached hydrogen (secondary N) is 1. The van der Waals surface area contributed by atoms with Crippen molar-refractivity contribution in [3.8, 4) is 0 Å². The highest BCUT2D eigenvalue weighted by Crippen LogP contribution is 2.15. The molecule has 0 atom stereocenters. The van der Waals surface area contributed by atoms with Crippen LogP contribution in [-0.4, -0.2) is 36.4 Å². The van der Waals surface area contributed by atoms with Gasteiger partial charge in [0, 0.05) is 26.2 Å². The van der Waals surface area contributed by atoms with E-state index in [1.54, 1.807) is 24.1 Å². The maximum Gasteiger partial charge on any atom is 0.253 e. The van der Waals surface area contributed by atoms with Gasteiger partial charge in [0.1, 0.15) is 11.0 Å². The maximum absolute atomic E-state index is 12.2. The molecule has 0 unspecified atom stereocenters. The van der Waals surface area contributed by atoms with Gasteiger partial charge in [0.15, 0.2) is 0 Å². The Hall–Kier alpha value is -1.29. The molecule has 0 aromatic carbocycles. The highest BCUT2D eigenvalue weighted by molar-refractivity contribution is 6.29. The molecule has 0 spiro atoms. The Balaban J connectivity index is 2.73. The van der Waals surface area contributed by atoms with Gasteiger partial charge in [-0.3, -0.25) is 4.79 Å². The second kappa shape index (κ2) is 7.21. The molecule has 0 aliphatic rings. The minimum atomic E-state index is -0.0214. The summed E-state index contributed by atoms with van der Waals surface area (Å²) in [5, 5.41) is 3.21. The second-order valence-corrected chi connectivity index (χ2v) is 4.63. The first-order valence-electron chi connectivity index (χ1n) is 6.19. The predicted molar refractivity (Wildman–Crippen MR) is 75.3 cm³/mol. The largest absolute Gasteiger partial charge is 0.373 e. The number of nitrogens with zero attached hydrogens (tertiary/aromatic N) is 2. The number of halogens is 1. The van der Waals surface area contributed by atoms with E-state index in [1.165, 1.54) is 0 Å². The van der Waals surface area contributed by atoms with Crippen molar-refractivity contribution >= 4 is 23.3 Å². The molecule has 1 rings (SSSR count). The van der Waals surface area contributed by atoms with Gasteiger partial charge in [-0.25, -0.2) is 4.98 Å². The third-order valence-electron chi connectivity index (χ3n) is 2.74. The summed E-state index contributed by atoms with van der Waals surface area (Å²) >= 11 is 5.88. The quantitative estimate of drug-likeness (QED) is 0.638. The number of unbranched alkanes of at least 4 members (excludes halogenated alkanes) is 2. The Morgan fingerprint density at radius 1 is 1.44 bits per heavy atom. The number of rotatable bonds is 6. The molecule has 1 N–H and O–H groups in total. The van der Waals surface area contributed by atoms with Gasteiger partial charge in [0.05, 0.1) is 0 Å². The Kier molecular flexibility index (Phi) is 5.92. The first-order chi connectivity index (χ1) is 8.58. The van der Waals surface area contributed by atoms with E-state index in [0.717, 1.165) is 25.8 Å². The summed E-state index contributed by atoms with van der Waals surface area (Å²) in [6.45, 7) is 2.91. The van der Waals surface area contributed by atoms with E-state index in [4.69, 9.17) is 11.6 Å². The highest BCUT2D eigenvalue weighted by Gasteiger charge is 2.13. The Bertz CT molecular complexity index is 409. The smallest absolute Gasteiger partial charge is 0.253 e. The van der Waals surface area contributed by atoms with Crippen LogP contribution in [0.2, 0.25) is 5.15 Å². The van der Waals surface area contributed by atoms with Crippen molar-refractivity contribution in [1.29, 1.82) is 0 Å². The van der Waals surface area contributed by atoms with Gasteiger partial charge in [-0.1, -0.05) is 31.4 Å². The van der Waals surface area contributed by atoms with Crippen LogP contribution in [0.25, 0.3) is 0 Å². The van der Waals surface area contributed by atoms with E-state index in [9.17, 15) is 4.79 Å². The molecule has 0 radical (unpaired) electrons. The number of hydrogen-bond acceptors (Lipinski definition) is 3. The van der Waals surface area contributed by atoms with Gasteiger partial charge in [-0.2, -0.15) is 0 Å². The number of carbonyl (C=O) groups is 1. The number of hydrogen-bond donors (Lipinski definition) is 1. The lowest BCUT2D eigenvalue weighted by Gasteiger charge is -2.17. The fraction of sp³-hybridized carbons (Fsp3) is 0.538. The van der Waals surface area contributed by atoms with Crippen molar-refractivity contribution in [2.45, 2.75) is 26.2 Å². The minimum Gasteiger partial charge on any atom is -0.373 e. The van der Waals surface area contributed by atoms with Crippen molar-refractivity contribution in [2.75, 3.05) is 26.0 Å². The molecule has 1 amide bonds. The van der Waals surface area contributed by atoms with E-state index in [-0.39, 0.29) is 5.91 Å². The summed E-state index contributed by atoms with van der Waals surface area (Å²) in [4.78, 5) is 17.9. The number of pyridine rings is 1. The average Bonchev–Trinajstić information content (AvgIpc) is 2.37. The van der Waals surface area contributed by atoms with E-state index >= 15 is 0 Å². The number of aromatic nitrogens is 1. The molecule has 0 aliphatic heterocycles. The number of anilines is 1. The summed E-state index contributed by atoms with van der Waals surface area (Å²) in [5.74, 6) is 0.583. The molecule has 4 nitrogen and oxygen atoms in total. The van der Waals surface area contributed by atoms with Crippen LogP contribution in [0, 0.1) is 0 Å². The lowest BCUT2D eigenvalue weighted by atomic mass is 10.2. The SMILES string of the molecule is CCCCCN(C)C(=O)c1cc(Cl)nc(NC)c1. The molecular weight excluding hydrogens is 250 g/mol. The molecule has 100 valence electrons. The monoisotopic (exact) mass is 269 g/mol. The van der Waals surface area contributed by atoms with Crippen LogP contribution in [0.3, 0.4) is 0 Å². The Labute approximate surface area is 113 Å². The molecular formula is C13H20ClN3O. The fourth-order valence-corrected chi connectivity index (χ4v) is 1.88. The summed E-state index contributed by atoms with van der Waals surface area (Å²) in [6, 6.07) is 3.31. The zero-order valence-corrected chi connectivity index (χ0v) is 11.9. The lowest BCUT2D eigenvalue weighted by Crippen LogP contribution is -2.27. The Morgan fingerprint density at radius 2 is 2.17 bits per heavy atom. The zero-order chi connectivity index (χ0) is 13.5. The summed E-state index contributed by atoms with van der Waals surface area (Å²) < 4.78 is 0. The molecule has 18 heavy (non-hydrogen) atoms. The van der Waals surface area contributed by atoms with Crippen molar-refractivity contribution in [2.24, 2.45) is 0 Å². The molecule has 0 bridgehead atoms. The molecule has 1 heterocycles. The van der Waals surface area contributed by atoms with Gasteiger partial charge in [-0.05, 0) is 18.6 Å². The highest BCUT2D eigenvalue weighted by atomic mass is 35.5. The number of carbonyl (C=O) groups excluding carboxylic acids is 1. The normalized spacial score (nSPS) is 10.2. The zero-order valence-electron chi connectivity index (χ0n) is 11.2. The number of amides is 1. The van der Waals surface area contributed by atoms with Gasteiger partial charge in [0.2, 0.25) is 0 Å². The van der Waals surface area contributed by atoms with Crippen LogP contribution in [0.1, 0.15) is 36.5 Å². The summed E-state index contributed by atoms with van der Waals surface area (Å²) in [5.41, 5.74) is 0.568. The Morgan fingerprint density at radius 3 is 2.78 bits per heavy atom. The molecule has 1 aromatic heterocycles. The molecule has 0 fully saturated rings. The average molecular weight is 270 g/mol. The topological polar surface area (TPSA) is 45.2 Å². The van der Waals surface area contributed by atoms with Crippen molar-refractivity contribution < 1.29 is 4.79 Å². The van der Waals surface area contributed by atoms with Crippen molar-refractivity contribution in [3.63, 3.8) is 0 Å². The molecule has 5 heteroatoms. The van der Waals surface area contributed by atoms with Crippen LogP contribution in [-0.2, 0) is 0 Å². The van der Waals surface area contributed by atoms with Crippen LogP contribution in [0.15, 0.2) is 12.1 Å². The molecule has 0 saturated heterocycles. The van der Waals surface area contributed by atoms with Gasteiger partial charge < -0.3 is 10.2 Å². The van der Waals surface area contributed by atoms with Crippen LogP contribution in [0.5, 0.6) is 0 Å². The minimum absolute atomic E-state index is 0.0214. The van der Waals surface area contributed by atoms with Crippen LogP contribution >= 0.6 is 11.6 Å². The second-order valence-electron chi connectivity index (χ2n) is 4.25. The fourth-order valence-electron chi connectivity index (χ4n) is 1.67. The summed E-state index contributed by atoms with van der Waals surface area (Å²) in [6.07, 6.45) is 3.31. The summed E-state index contributed by atoms with van der Waals surface area (Å²) in [7, 11) is 3.56. The van der Waals surface area contributed by atoms with Crippen molar-refractivity contribution in [3.05, 3.63) is 22.8 Å². The van der Waals surface area contributed by atoms with E-state index in [0.29, 0.717) is 16.5 Å². The van der Waals surface area contributed by atoms with Gasteiger partial charge >= 0.3 is 0 Å². The molecule has 0 aliphatic carbocycles. The van der Waals surface area contributed by atoms with E-state index in [2.05, 4.69) is 17.2 Å².